The van der Waals surface area contributed by atoms with Crippen molar-refractivity contribution in [2.75, 3.05) is 18.8 Å². The van der Waals surface area contributed by atoms with Gasteiger partial charge in [0, 0.05) is 12.0 Å². The van der Waals surface area contributed by atoms with Crippen LogP contribution in [0.1, 0.15) is 39.5 Å². The van der Waals surface area contributed by atoms with Gasteiger partial charge < -0.3 is 16.3 Å². The number of nitrogens with zero attached hydrogens (tertiary/aromatic N) is 1. The van der Waals surface area contributed by atoms with Gasteiger partial charge in [-0.2, -0.15) is 0 Å². The maximum Gasteiger partial charge on any atom is 0.154 e. The summed E-state index contributed by atoms with van der Waals surface area (Å²) in [6.45, 7) is 5.12. The summed E-state index contributed by atoms with van der Waals surface area (Å²) in [7, 11) is -2.85. The van der Waals surface area contributed by atoms with Gasteiger partial charge in [0.15, 0.2) is 9.84 Å². The lowest BCUT2D eigenvalue weighted by molar-refractivity contribution is 0.304. The first-order valence-corrected chi connectivity index (χ1v) is 8.41. The normalized spacial score (nSPS) is 23.7. The lowest BCUT2D eigenvalue weighted by Crippen LogP contribution is -2.34. The van der Waals surface area contributed by atoms with Crippen LogP contribution in [0.5, 0.6) is 0 Å². The van der Waals surface area contributed by atoms with E-state index in [9.17, 15) is 8.42 Å². The molecule has 0 spiro atoms. The monoisotopic (exact) mass is 291 g/mol. The molecule has 1 fully saturated rings. The zero-order valence-electron chi connectivity index (χ0n) is 11.7. The van der Waals surface area contributed by atoms with E-state index in [1.807, 2.05) is 13.8 Å². The zero-order chi connectivity index (χ0) is 14.5. The van der Waals surface area contributed by atoms with Gasteiger partial charge in [-0.15, -0.1) is 0 Å². The molecule has 1 heterocycles. The second-order valence-electron chi connectivity index (χ2n) is 5.81. The van der Waals surface area contributed by atoms with Gasteiger partial charge in [0.25, 0.3) is 0 Å². The highest BCUT2D eigenvalue weighted by Gasteiger charge is 2.30. The molecule has 0 radical (unpaired) electrons. The summed E-state index contributed by atoms with van der Waals surface area (Å²) >= 11 is 0. The molecule has 0 saturated carbocycles. The van der Waals surface area contributed by atoms with Gasteiger partial charge in [0.05, 0.1) is 11.0 Å². The number of oxime groups is 1. The second kappa shape index (κ2) is 6.56. The lowest BCUT2D eigenvalue weighted by Gasteiger charge is -2.22. The van der Waals surface area contributed by atoms with E-state index >= 15 is 0 Å². The van der Waals surface area contributed by atoms with Crippen molar-refractivity contribution >= 4 is 15.7 Å². The predicted molar refractivity (Wildman–Crippen MR) is 76.1 cm³/mol. The van der Waals surface area contributed by atoms with Crippen molar-refractivity contribution in [3.8, 4) is 0 Å². The lowest BCUT2D eigenvalue weighted by atomic mass is 9.86. The molecule has 1 atom stereocenters. The Hall–Kier alpha value is -0.820. The Morgan fingerprint density at radius 1 is 1.53 bits per heavy atom. The number of amidine groups is 1. The zero-order valence-corrected chi connectivity index (χ0v) is 12.5. The van der Waals surface area contributed by atoms with Crippen LogP contribution < -0.4 is 11.1 Å². The Labute approximate surface area is 115 Å². The molecule has 112 valence electrons. The Balaban J connectivity index is 2.22. The van der Waals surface area contributed by atoms with Gasteiger partial charge in [-0.25, -0.2) is 8.42 Å². The van der Waals surface area contributed by atoms with Crippen LogP contribution in [0.3, 0.4) is 0 Å². The van der Waals surface area contributed by atoms with Gasteiger partial charge >= 0.3 is 0 Å². The molecule has 7 heteroatoms. The predicted octanol–water partition coefficient (Wildman–Crippen LogP) is 0.706. The summed E-state index contributed by atoms with van der Waals surface area (Å²) < 4.78 is 23.2. The fourth-order valence-corrected chi connectivity index (χ4v) is 4.07. The minimum absolute atomic E-state index is 0.218. The van der Waals surface area contributed by atoms with Crippen LogP contribution in [-0.2, 0) is 9.84 Å². The van der Waals surface area contributed by atoms with Crippen LogP contribution >= 0.6 is 0 Å². The van der Waals surface area contributed by atoms with Crippen molar-refractivity contribution in [3.05, 3.63) is 0 Å². The van der Waals surface area contributed by atoms with Crippen molar-refractivity contribution in [3.63, 3.8) is 0 Å². The summed E-state index contributed by atoms with van der Waals surface area (Å²) in [5.41, 5.74) is 5.26. The van der Waals surface area contributed by atoms with Gasteiger partial charge in [-0.3, -0.25) is 0 Å². The summed E-state index contributed by atoms with van der Waals surface area (Å²) in [4.78, 5) is 0. The Morgan fingerprint density at radius 2 is 2.21 bits per heavy atom. The number of nitrogens with one attached hydrogen (secondary N) is 1. The van der Waals surface area contributed by atoms with Crippen molar-refractivity contribution in [1.29, 1.82) is 0 Å². The highest BCUT2D eigenvalue weighted by molar-refractivity contribution is 7.92. The molecule has 1 aliphatic heterocycles. The number of rotatable bonds is 7. The molecule has 0 aliphatic carbocycles. The molecular formula is C12H25N3O3S. The SMILES string of the molecule is CC(C)(CCCNCC1CCCS1(=O)=O)C(N)=NO. The summed E-state index contributed by atoms with van der Waals surface area (Å²) in [6.07, 6.45) is 3.19. The quantitative estimate of drug-likeness (QED) is 0.211. The molecule has 1 rings (SSSR count). The minimum Gasteiger partial charge on any atom is -0.409 e. The molecule has 1 saturated heterocycles. The number of nitrogens with two attached hydrogens (primary N) is 1. The molecule has 0 aromatic carbocycles. The number of hydrogen-bond acceptors (Lipinski definition) is 5. The highest BCUT2D eigenvalue weighted by atomic mass is 32.2. The molecule has 0 aromatic rings. The molecule has 0 aromatic heterocycles. The maximum absolute atomic E-state index is 11.6. The van der Waals surface area contributed by atoms with Gasteiger partial charge in [0.1, 0.15) is 5.84 Å². The van der Waals surface area contributed by atoms with E-state index < -0.39 is 9.84 Å². The topological polar surface area (TPSA) is 105 Å². The van der Waals surface area contributed by atoms with Crippen LogP contribution in [0, 0.1) is 5.41 Å². The first-order chi connectivity index (χ1) is 8.79. The third kappa shape index (κ3) is 4.65. The van der Waals surface area contributed by atoms with Crippen molar-refractivity contribution in [1.82, 2.24) is 5.32 Å². The van der Waals surface area contributed by atoms with Crippen LogP contribution in [0.15, 0.2) is 5.16 Å². The first-order valence-electron chi connectivity index (χ1n) is 6.70. The summed E-state index contributed by atoms with van der Waals surface area (Å²) in [5.74, 6) is 0.557. The van der Waals surface area contributed by atoms with E-state index in [-0.39, 0.29) is 16.5 Å². The number of hydrogen-bond donors (Lipinski definition) is 3. The fourth-order valence-electron chi connectivity index (χ4n) is 2.27. The number of sulfone groups is 1. The molecular weight excluding hydrogens is 266 g/mol. The van der Waals surface area contributed by atoms with E-state index in [0.717, 1.165) is 32.2 Å². The van der Waals surface area contributed by atoms with Crippen LogP contribution in [0.25, 0.3) is 0 Å². The van der Waals surface area contributed by atoms with E-state index in [1.165, 1.54) is 0 Å². The first kappa shape index (κ1) is 16.2. The van der Waals surface area contributed by atoms with E-state index in [4.69, 9.17) is 10.9 Å². The van der Waals surface area contributed by atoms with Crippen molar-refractivity contribution in [2.45, 2.75) is 44.8 Å². The average Bonchev–Trinajstić information content (AvgIpc) is 2.67. The van der Waals surface area contributed by atoms with E-state index in [1.54, 1.807) is 0 Å². The molecule has 1 aliphatic rings. The standard InChI is InChI=1S/C12H25N3O3S/c1-12(2,11(13)15-16)6-4-7-14-9-10-5-3-8-19(10,17)18/h10,14,16H,3-9H2,1-2H3,(H2,13,15). The third-order valence-electron chi connectivity index (χ3n) is 3.79. The van der Waals surface area contributed by atoms with Crippen LogP contribution in [0.2, 0.25) is 0 Å². The van der Waals surface area contributed by atoms with Gasteiger partial charge in [0.2, 0.25) is 0 Å². The van der Waals surface area contributed by atoms with Crippen molar-refractivity contribution in [2.24, 2.45) is 16.3 Å². The van der Waals surface area contributed by atoms with Crippen molar-refractivity contribution < 1.29 is 13.6 Å². The van der Waals surface area contributed by atoms with Gasteiger partial charge in [-0.05, 0) is 32.2 Å². The van der Waals surface area contributed by atoms with Crippen LogP contribution in [-0.4, -0.2) is 43.6 Å². The summed E-state index contributed by atoms with van der Waals surface area (Å²) in [6, 6.07) is 0. The minimum atomic E-state index is -2.85. The van der Waals surface area contributed by atoms with E-state index in [0.29, 0.717) is 12.3 Å². The molecule has 19 heavy (non-hydrogen) atoms. The second-order valence-corrected chi connectivity index (χ2v) is 8.21. The summed E-state index contributed by atoms with van der Waals surface area (Å²) in [5, 5.41) is 14.7. The molecule has 6 nitrogen and oxygen atoms in total. The third-order valence-corrected chi connectivity index (χ3v) is 6.07. The Morgan fingerprint density at radius 3 is 2.74 bits per heavy atom. The molecule has 4 N–H and O–H groups in total. The molecule has 0 amide bonds. The Bertz CT molecular complexity index is 418. The smallest absolute Gasteiger partial charge is 0.154 e. The highest BCUT2D eigenvalue weighted by Crippen LogP contribution is 2.22. The fraction of sp³-hybridized carbons (Fsp3) is 0.917. The molecule has 0 bridgehead atoms. The van der Waals surface area contributed by atoms with E-state index in [2.05, 4.69) is 10.5 Å². The Kier molecular flexibility index (Phi) is 5.61. The van der Waals surface area contributed by atoms with Crippen LogP contribution in [0.4, 0.5) is 0 Å². The average molecular weight is 291 g/mol. The van der Waals surface area contributed by atoms with Gasteiger partial charge in [-0.1, -0.05) is 19.0 Å². The largest absolute Gasteiger partial charge is 0.409 e. The molecule has 1 unspecified atom stereocenters. The maximum atomic E-state index is 11.6.